The highest BCUT2D eigenvalue weighted by atomic mass is 32.2. The average Bonchev–Trinajstić information content (AvgIpc) is 2.31. The lowest BCUT2D eigenvalue weighted by Gasteiger charge is -2.16. The number of hydrogen-bond donors (Lipinski definition) is 2. The van der Waals surface area contributed by atoms with Gasteiger partial charge in [-0.15, -0.1) is 0 Å². The molecule has 0 saturated heterocycles. The zero-order valence-electron chi connectivity index (χ0n) is 10.7. The van der Waals surface area contributed by atoms with Crippen molar-refractivity contribution in [2.24, 2.45) is 0 Å². The van der Waals surface area contributed by atoms with E-state index < -0.39 is 10.0 Å². The Labute approximate surface area is 113 Å². The molecule has 0 bridgehead atoms. The highest BCUT2D eigenvalue weighted by Crippen LogP contribution is 2.14. The Kier molecular flexibility index (Phi) is 5.98. The van der Waals surface area contributed by atoms with Crippen LogP contribution in [0.25, 0.3) is 0 Å². The van der Waals surface area contributed by atoms with Crippen molar-refractivity contribution < 1.29 is 8.42 Å². The highest BCUT2D eigenvalue weighted by molar-refractivity contribution is 7.98. The van der Waals surface area contributed by atoms with Gasteiger partial charge in [-0.05, 0) is 24.3 Å². The van der Waals surface area contributed by atoms with Crippen LogP contribution in [0.1, 0.15) is 18.9 Å². The summed E-state index contributed by atoms with van der Waals surface area (Å²) in [6.07, 6.45) is 2.75. The molecule has 0 aliphatic rings. The minimum atomic E-state index is -3.33. The monoisotopic (exact) mass is 288 g/mol. The van der Waals surface area contributed by atoms with Crippen LogP contribution in [0.3, 0.4) is 0 Å². The van der Waals surface area contributed by atoms with E-state index in [2.05, 4.69) is 4.72 Å². The summed E-state index contributed by atoms with van der Waals surface area (Å²) in [6.45, 7) is 1.97. The molecule has 1 aromatic rings. The zero-order valence-corrected chi connectivity index (χ0v) is 12.4. The number of nitrogen functional groups attached to an aromatic ring is 1. The van der Waals surface area contributed by atoms with Gasteiger partial charge in [-0.3, -0.25) is 0 Å². The van der Waals surface area contributed by atoms with E-state index in [9.17, 15) is 8.42 Å². The molecule has 0 amide bonds. The van der Waals surface area contributed by atoms with Crippen LogP contribution in [-0.2, 0) is 15.8 Å². The molecule has 102 valence electrons. The standard InChI is InChI=1S/C12H20N2O2S2/c1-3-11(8-17-2)14-18(15,16)9-10-6-4-5-7-12(10)13/h4-7,11,14H,3,8-9,13H2,1-2H3. The Balaban J connectivity index is 2.73. The molecular formula is C12H20N2O2S2. The van der Waals surface area contributed by atoms with Crippen LogP contribution in [0.5, 0.6) is 0 Å². The van der Waals surface area contributed by atoms with Gasteiger partial charge in [-0.25, -0.2) is 13.1 Å². The minimum absolute atomic E-state index is 0.0186. The lowest BCUT2D eigenvalue weighted by molar-refractivity contribution is 0.557. The number of nitrogens with one attached hydrogen (secondary N) is 1. The van der Waals surface area contributed by atoms with Crippen LogP contribution in [0.4, 0.5) is 5.69 Å². The number of para-hydroxylation sites is 1. The van der Waals surface area contributed by atoms with Gasteiger partial charge in [0.15, 0.2) is 0 Å². The second-order valence-electron chi connectivity index (χ2n) is 4.14. The van der Waals surface area contributed by atoms with Crippen molar-refractivity contribution in [1.82, 2.24) is 4.72 Å². The summed E-state index contributed by atoms with van der Waals surface area (Å²) in [5.74, 6) is 0.713. The number of sulfonamides is 1. The first-order chi connectivity index (χ1) is 8.48. The maximum absolute atomic E-state index is 12.0. The lowest BCUT2D eigenvalue weighted by atomic mass is 10.2. The summed E-state index contributed by atoms with van der Waals surface area (Å²) in [5.41, 5.74) is 6.91. The van der Waals surface area contributed by atoms with E-state index in [-0.39, 0.29) is 11.8 Å². The van der Waals surface area contributed by atoms with Gasteiger partial charge in [0, 0.05) is 17.5 Å². The molecule has 0 aliphatic carbocycles. The SMILES string of the molecule is CCC(CSC)NS(=O)(=O)Cc1ccccc1N. The third-order valence-corrected chi connectivity index (χ3v) is 4.73. The minimum Gasteiger partial charge on any atom is -0.398 e. The second kappa shape index (κ2) is 7.01. The third kappa shape index (κ3) is 4.88. The Morgan fingerprint density at radius 3 is 2.61 bits per heavy atom. The van der Waals surface area contributed by atoms with Crippen LogP contribution >= 0.6 is 11.8 Å². The molecule has 0 spiro atoms. The molecule has 0 heterocycles. The Hall–Kier alpha value is -0.720. The molecule has 0 radical (unpaired) electrons. The predicted molar refractivity (Wildman–Crippen MR) is 79.1 cm³/mol. The summed E-state index contributed by atoms with van der Waals surface area (Å²) >= 11 is 1.63. The van der Waals surface area contributed by atoms with E-state index in [0.717, 1.165) is 12.2 Å². The third-order valence-electron chi connectivity index (χ3n) is 2.61. The second-order valence-corrected chi connectivity index (χ2v) is 6.80. The number of nitrogens with two attached hydrogens (primary N) is 1. The lowest BCUT2D eigenvalue weighted by Crippen LogP contribution is -2.36. The van der Waals surface area contributed by atoms with Crippen LogP contribution in [0.15, 0.2) is 24.3 Å². The first-order valence-corrected chi connectivity index (χ1v) is 8.85. The molecule has 0 aliphatic heterocycles. The molecule has 1 rings (SSSR count). The van der Waals surface area contributed by atoms with E-state index in [1.807, 2.05) is 13.2 Å². The van der Waals surface area contributed by atoms with Crippen LogP contribution < -0.4 is 10.5 Å². The molecule has 0 aromatic heterocycles. The van der Waals surface area contributed by atoms with E-state index in [0.29, 0.717) is 11.3 Å². The Morgan fingerprint density at radius 1 is 1.39 bits per heavy atom. The fourth-order valence-electron chi connectivity index (χ4n) is 1.60. The van der Waals surface area contributed by atoms with Gasteiger partial charge in [-0.1, -0.05) is 25.1 Å². The fraction of sp³-hybridized carbons (Fsp3) is 0.500. The molecule has 0 saturated carbocycles. The van der Waals surface area contributed by atoms with Gasteiger partial charge < -0.3 is 5.73 Å². The summed E-state index contributed by atoms with van der Waals surface area (Å²) in [5, 5.41) is 0. The van der Waals surface area contributed by atoms with E-state index in [1.54, 1.807) is 36.0 Å². The predicted octanol–water partition coefficient (Wildman–Crippen LogP) is 1.83. The van der Waals surface area contributed by atoms with Gasteiger partial charge >= 0.3 is 0 Å². The number of anilines is 1. The smallest absolute Gasteiger partial charge is 0.216 e. The van der Waals surface area contributed by atoms with E-state index in [4.69, 9.17) is 5.73 Å². The molecule has 1 atom stereocenters. The molecule has 0 fully saturated rings. The maximum Gasteiger partial charge on any atom is 0.216 e. The molecule has 4 nitrogen and oxygen atoms in total. The first kappa shape index (κ1) is 15.3. The van der Waals surface area contributed by atoms with Gasteiger partial charge in [-0.2, -0.15) is 11.8 Å². The van der Waals surface area contributed by atoms with Gasteiger partial charge in [0.25, 0.3) is 0 Å². The van der Waals surface area contributed by atoms with Crippen molar-refractivity contribution >= 4 is 27.5 Å². The van der Waals surface area contributed by atoms with Crippen LogP contribution in [0.2, 0.25) is 0 Å². The van der Waals surface area contributed by atoms with E-state index in [1.165, 1.54) is 0 Å². The average molecular weight is 288 g/mol. The Bertz CT molecular complexity index is 475. The van der Waals surface area contributed by atoms with Gasteiger partial charge in [0.1, 0.15) is 0 Å². The number of thioether (sulfide) groups is 1. The summed E-state index contributed by atoms with van der Waals surface area (Å²) < 4.78 is 26.8. The highest BCUT2D eigenvalue weighted by Gasteiger charge is 2.17. The molecule has 1 aromatic carbocycles. The zero-order chi connectivity index (χ0) is 13.6. The summed E-state index contributed by atoms with van der Waals surface area (Å²) in [6, 6.07) is 7.02. The number of hydrogen-bond acceptors (Lipinski definition) is 4. The first-order valence-electron chi connectivity index (χ1n) is 5.80. The molecule has 6 heteroatoms. The quantitative estimate of drug-likeness (QED) is 0.751. The van der Waals surface area contributed by atoms with Crippen molar-refractivity contribution in [3.8, 4) is 0 Å². The number of benzene rings is 1. The van der Waals surface area contributed by atoms with Gasteiger partial charge in [0.05, 0.1) is 5.75 Å². The number of rotatable bonds is 7. The van der Waals surface area contributed by atoms with Crippen molar-refractivity contribution in [2.75, 3.05) is 17.7 Å². The topological polar surface area (TPSA) is 72.2 Å². The van der Waals surface area contributed by atoms with Crippen LogP contribution in [0, 0.1) is 0 Å². The molecular weight excluding hydrogens is 268 g/mol. The summed E-state index contributed by atoms with van der Waals surface area (Å²) in [7, 11) is -3.33. The van der Waals surface area contributed by atoms with Gasteiger partial charge in [0.2, 0.25) is 10.0 Å². The fourth-order valence-corrected chi connectivity index (χ4v) is 3.94. The van der Waals surface area contributed by atoms with Crippen molar-refractivity contribution in [3.05, 3.63) is 29.8 Å². The summed E-state index contributed by atoms with van der Waals surface area (Å²) in [4.78, 5) is 0. The molecule has 18 heavy (non-hydrogen) atoms. The van der Waals surface area contributed by atoms with Crippen molar-refractivity contribution in [1.29, 1.82) is 0 Å². The molecule has 3 N–H and O–H groups in total. The maximum atomic E-state index is 12.0. The Morgan fingerprint density at radius 2 is 2.06 bits per heavy atom. The molecule has 1 unspecified atom stereocenters. The normalized spacial score (nSPS) is 13.4. The van der Waals surface area contributed by atoms with Crippen molar-refractivity contribution in [3.63, 3.8) is 0 Å². The van der Waals surface area contributed by atoms with Crippen molar-refractivity contribution in [2.45, 2.75) is 25.1 Å². The van der Waals surface area contributed by atoms with E-state index >= 15 is 0 Å². The van der Waals surface area contributed by atoms with Crippen LogP contribution in [-0.4, -0.2) is 26.5 Å². The largest absolute Gasteiger partial charge is 0.398 e.